The van der Waals surface area contributed by atoms with E-state index in [9.17, 15) is 9.18 Å². The van der Waals surface area contributed by atoms with E-state index in [2.05, 4.69) is 25.6 Å². The lowest BCUT2D eigenvalue weighted by molar-refractivity contribution is 0.102. The Morgan fingerprint density at radius 1 is 1.00 bits per heavy atom. The molecule has 0 aliphatic heterocycles. The lowest BCUT2D eigenvalue weighted by atomic mass is 10.1. The van der Waals surface area contributed by atoms with Crippen molar-refractivity contribution in [3.05, 3.63) is 108 Å². The summed E-state index contributed by atoms with van der Waals surface area (Å²) in [5.41, 5.74) is 11.2. The zero-order valence-corrected chi connectivity index (χ0v) is 22.3. The Hall–Kier alpha value is -5.58. The average Bonchev–Trinajstić information content (AvgIpc) is 3.57. The van der Waals surface area contributed by atoms with Crippen LogP contribution in [0.15, 0.2) is 85.5 Å². The van der Waals surface area contributed by atoms with E-state index in [1.807, 2.05) is 60.9 Å². The summed E-state index contributed by atoms with van der Waals surface area (Å²) in [7, 11) is 0. The SMILES string of the molecule is Cc1ccc(NC(=O)c2ccc(-n3ccnc3C)c(CF)c2)cc1Nc1nc2ccccc2n1-c1cc(N)ncn1. The number of hydrogen-bond donors (Lipinski definition) is 3. The summed E-state index contributed by atoms with van der Waals surface area (Å²) in [4.78, 5) is 30.5. The summed E-state index contributed by atoms with van der Waals surface area (Å²) in [5.74, 6) is 1.80. The standard InChI is InChI=1S/C30H26FN9O/c1-18-7-9-22(36-29(41)20-8-10-25(21(13-20)16-31)39-12-11-33-19(39)2)14-24(18)38-30-37-23-5-3-4-6-26(23)40(30)28-15-27(32)34-17-35-28/h3-15,17H,16H2,1-2H3,(H,36,41)(H,37,38)(H2,32,34,35). The fourth-order valence-corrected chi connectivity index (χ4v) is 4.69. The summed E-state index contributed by atoms with van der Waals surface area (Å²) < 4.78 is 17.6. The van der Waals surface area contributed by atoms with Gasteiger partial charge in [0.2, 0.25) is 5.95 Å². The summed E-state index contributed by atoms with van der Waals surface area (Å²) in [6.07, 6.45) is 4.82. The number of nitrogens with two attached hydrogens (primary N) is 1. The molecule has 0 aliphatic rings. The molecule has 10 nitrogen and oxygen atoms in total. The first kappa shape index (κ1) is 25.7. The van der Waals surface area contributed by atoms with E-state index < -0.39 is 6.67 Å². The van der Waals surface area contributed by atoms with Gasteiger partial charge in [-0.15, -0.1) is 0 Å². The van der Waals surface area contributed by atoms with Crippen LogP contribution in [0.1, 0.15) is 27.3 Å². The van der Waals surface area contributed by atoms with Crippen LogP contribution in [0.2, 0.25) is 0 Å². The zero-order chi connectivity index (χ0) is 28.5. The Morgan fingerprint density at radius 3 is 2.63 bits per heavy atom. The van der Waals surface area contributed by atoms with Crippen LogP contribution in [0.3, 0.4) is 0 Å². The summed E-state index contributed by atoms with van der Waals surface area (Å²) in [6, 6.07) is 19.9. The van der Waals surface area contributed by atoms with Crippen LogP contribution in [0.25, 0.3) is 22.5 Å². The lowest BCUT2D eigenvalue weighted by Crippen LogP contribution is -2.13. The molecule has 41 heavy (non-hydrogen) atoms. The fraction of sp³-hybridized carbons (Fsp3) is 0.100. The molecule has 0 radical (unpaired) electrons. The number of aryl methyl sites for hydroxylation is 2. The number of halogens is 1. The molecule has 6 rings (SSSR count). The van der Waals surface area contributed by atoms with E-state index in [0.717, 1.165) is 28.1 Å². The Labute approximate surface area is 234 Å². The molecule has 0 aliphatic carbocycles. The molecule has 11 heteroatoms. The third-order valence-corrected chi connectivity index (χ3v) is 6.78. The molecule has 3 aromatic carbocycles. The number of alkyl halides is 1. The molecule has 0 saturated heterocycles. The van der Waals surface area contributed by atoms with Crippen molar-refractivity contribution in [3.8, 4) is 11.5 Å². The highest BCUT2D eigenvalue weighted by Gasteiger charge is 2.16. The van der Waals surface area contributed by atoms with Gasteiger partial charge in [-0.25, -0.2) is 24.3 Å². The number of aromatic nitrogens is 6. The van der Waals surface area contributed by atoms with E-state index in [1.54, 1.807) is 41.2 Å². The van der Waals surface area contributed by atoms with E-state index in [4.69, 9.17) is 10.7 Å². The monoisotopic (exact) mass is 547 g/mol. The number of benzene rings is 3. The van der Waals surface area contributed by atoms with Gasteiger partial charge in [-0.1, -0.05) is 18.2 Å². The number of anilines is 4. The summed E-state index contributed by atoms with van der Waals surface area (Å²) in [5, 5.41) is 6.31. The third-order valence-electron chi connectivity index (χ3n) is 6.78. The number of nitrogens with one attached hydrogen (secondary N) is 2. The van der Waals surface area contributed by atoms with E-state index >= 15 is 0 Å². The number of hydrogen-bond acceptors (Lipinski definition) is 7. The van der Waals surface area contributed by atoms with Gasteiger partial charge < -0.3 is 20.9 Å². The van der Waals surface area contributed by atoms with Gasteiger partial charge in [0.25, 0.3) is 5.91 Å². The number of nitrogens with zero attached hydrogens (tertiary/aromatic N) is 6. The van der Waals surface area contributed by atoms with Crippen molar-refractivity contribution in [2.75, 3.05) is 16.4 Å². The number of imidazole rings is 2. The minimum absolute atomic E-state index is 0.337. The molecule has 6 aromatic rings. The number of nitrogen functional groups attached to an aromatic ring is 1. The highest BCUT2D eigenvalue weighted by atomic mass is 19.1. The maximum absolute atomic E-state index is 13.9. The number of fused-ring (bicyclic) bond motifs is 1. The van der Waals surface area contributed by atoms with Crippen LogP contribution in [0.4, 0.5) is 27.5 Å². The van der Waals surface area contributed by atoms with Crippen LogP contribution < -0.4 is 16.4 Å². The van der Waals surface area contributed by atoms with E-state index in [0.29, 0.717) is 40.1 Å². The fourth-order valence-electron chi connectivity index (χ4n) is 4.69. The lowest BCUT2D eigenvalue weighted by Gasteiger charge is -2.15. The molecular weight excluding hydrogens is 521 g/mol. The number of carbonyl (C=O) groups excluding carboxylic acids is 1. The molecule has 0 spiro atoms. The van der Waals surface area contributed by atoms with Gasteiger partial charge in [0.1, 0.15) is 30.5 Å². The topological polar surface area (TPSA) is 129 Å². The van der Waals surface area contributed by atoms with Crippen molar-refractivity contribution in [2.24, 2.45) is 0 Å². The van der Waals surface area contributed by atoms with Gasteiger partial charge >= 0.3 is 0 Å². The second kappa shape index (κ2) is 10.5. The summed E-state index contributed by atoms with van der Waals surface area (Å²) in [6.45, 7) is 3.07. The number of rotatable bonds is 7. The molecule has 0 bridgehead atoms. The first-order valence-electron chi connectivity index (χ1n) is 12.8. The smallest absolute Gasteiger partial charge is 0.255 e. The normalized spacial score (nSPS) is 11.1. The average molecular weight is 548 g/mol. The number of para-hydroxylation sites is 2. The maximum atomic E-state index is 13.9. The van der Waals surface area contributed by atoms with Crippen molar-refractivity contribution in [2.45, 2.75) is 20.5 Å². The van der Waals surface area contributed by atoms with Crippen LogP contribution >= 0.6 is 0 Å². The van der Waals surface area contributed by atoms with Crippen molar-refractivity contribution < 1.29 is 9.18 Å². The van der Waals surface area contributed by atoms with Crippen LogP contribution in [0, 0.1) is 13.8 Å². The molecule has 3 aromatic heterocycles. The van der Waals surface area contributed by atoms with Crippen LogP contribution in [-0.4, -0.2) is 35.0 Å². The first-order valence-corrected chi connectivity index (χ1v) is 12.8. The van der Waals surface area contributed by atoms with Gasteiger partial charge in [0, 0.05) is 41.0 Å². The van der Waals surface area contributed by atoms with Crippen LogP contribution in [-0.2, 0) is 6.67 Å². The minimum Gasteiger partial charge on any atom is -0.384 e. The van der Waals surface area contributed by atoms with Gasteiger partial charge in [-0.05, 0) is 61.9 Å². The molecule has 4 N–H and O–H groups in total. The molecule has 204 valence electrons. The largest absolute Gasteiger partial charge is 0.384 e. The molecule has 3 heterocycles. The Bertz CT molecular complexity index is 1910. The molecule has 1 amide bonds. The van der Waals surface area contributed by atoms with Crippen molar-refractivity contribution in [3.63, 3.8) is 0 Å². The van der Waals surface area contributed by atoms with Gasteiger partial charge in [-0.3, -0.25) is 9.36 Å². The maximum Gasteiger partial charge on any atom is 0.255 e. The van der Waals surface area contributed by atoms with Gasteiger partial charge in [0.05, 0.1) is 16.7 Å². The number of amides is 1. The van der Waals surface area contributed by atoms with Gasteiger partial charge in [-0.2, -0.15) is 0 Å². The molecule has 0 unspecified atom stereocenters. The second-order valence-electron chi connectivity index (χ2n) is 9.49. The second-order valence-corrected chi connectivity index (χ2v) is 9.49. The Balaban J connectivity index is 1.30. The molecular formula is C30H26FN9O. The van der Waals surface area contributed by atoms with Gasteiger partial charge in [0.15, 0.2) is 0 Å². The third kappa shape index (κ3) is 4.96. The summed E-state index contributed by atoms with van der Waals surface area (Å²) >= 11 is 0. The molecule has 0 atom stereocenters. The first-order chi connectivity index (χ1) is 19.9. The minimum atomic E-state index is -0.717. The predicted octanol–water partition coefficient (Wildman–Crippen LogP) is 5.67. The highest BCUT2D eigenvalue weighted by molar-refractivity contribution is 6.04. The Morgan fingerprint density at radius 2 is 1.85 bits per heavy atom. The molecule has 0 saturated carbocycles. The van der Waals surface area contributed by atoms with Crippen LogP contribution in [0.5, 0.6) is 0 Å². The van der Waals surface area contributed by atoms with Crippen molar-refractivity contribution in [1.29, 1.82) is 0 Å². The van der Waals surface area contributed by atoms with Crippen molar-refractivity contribution >= 4 is 40.1 Å². The van der Waals surface area contributed by atoms with E-state index in [1.165, 1.54) is 6.33 Å². The van der Waals surface area contributed by atoms with E-state index in [-0.39, 0.29) is 5.91 Å². The number of carbonyl (C=O) groups is 1. The molecule has 0 fully saturated rings. The zero-order valence-electron chi connectivity index (χ0n) is 22.3. The van der Waals surface area contributed by atoms with Crippen molar-refractivity contribution in [1.82, 2.24) is 29.1 Å². The highest BCUT2D eigenvalue weighted by Crippen LogP contribution is 2.29. The quantitative estimate of drug-likeness (QED) is 0.235. The predicted molar refractivity (Wildman–Crippen MR) is 157 cm³/mol. The Kier molecular flexibility index (Phi) is 6.60.